The Hall–Kier alpha value is -0.660. The molecule has 8 unspecified atom stereocenters. The largest absolute Gasteiger partial charge is 0.296 e. The summed E-state index contributed by atoms with van der Waals surface area (Å²) < 4.78 is 14.8. The second-order valence-electron chi connectivity index (χ2n) is 11.1. The Kier molecular flexibility index (Phi) is 7.01. The SMILES string of the molecule is C=C(C)CCCC1CCC2C3CCC4C(F)C(=O)CCC4(C)C3CCC12C.CC. The van der Waals surface area contributed by atoms with Crippen LogP contribution in [0.4, 0.5) is 4.39 Å². The Balaban J connectivity index is 0.00000117. The summed E-state index contributed by atoms with van der Waals surface area (Å²) in [5.74, 6) is 3.01. The van der Waals surface area contributed by atoms with Crippen LogP contribution in [0.3, 0.4) is 0 Å². The number of halogens is 1. The van der Waals surface area contributed by atoms with Gasteiger partial charge >= 0.3 is 0 Å². The molecular weight excluding hydrogens is 359 g/mol. The molecule has 4 saturated carbocycles. The first-order valence-corrected chi connectivity index (χ1v) is 12.6. The fourth-order valence-corrected chi connectivity index (χ4v) is 8.32. The van der Waals surface area contributed by atoms with Crippen molar-refractivity contribution in [1.82, 2.24) is 0 Å². The monoisotopic (exact) mass is 404 g/mol. The molecule has 0 spiro atoms. The predicted molar refractivity (Wildman–Crippen MR) is 121 cm³/mol. The minimum absolute atomic E-state index is 0.00266. The average Bonchev–Trinajstić information content (AvgIpc) is 3.03. The Morgan fingerprint density at radius 1 is 1.00 bits per heavy atom. The molecule has 0 N–H and O–H groups in total. The van der Waals surface area contributed by atoms with Gasteiger partial charge in [0.2, 0.25) is 0 Å². The van der Waals surface area contributed by atoms with Gasteiger partial charge in [-0.05, 0) is 106 Å². The van der Waals surface area contributed by atoms with Crippen LogP contribution in [-0.4, -0.2) is 12.0 Å². The van der Waals surface area contributed by atoms with Gasteiger partial charge in [-0.2, -0.15) is 0 Å². The Morgan fingerprint density at radius 2 is 1.66 bits per heavy atom. The molecule has 0 radical (unpaired) electrons. The van der Waals surface area contributed by atoms with Crippen molar-refractivity contribution in [2.75, 3.05) is 0 Å². The van der Waals surface area contributed by atoms with Crippen molar-refractivity contribution in [3.05, 3.63) is 12.2 Å². The molecule has 0 aliphatic heterocycles. The Bertz CT molecular complexity index is 612. The molecule has 4 rings (SSSR count). The van der Waals surface area contributed by atoms with E-state index in [0.29, 0.717) is 17.8 Å². The molecule has 8 atom stereocenters. The van der Waals surface area contributed by atoms with Crippen molar-refractivity contribution in [2.24, 2.45) is 40.4 Å². The fraction of sp³-hybridized carbons (Fsp3) is 0.889. The lowest BCUT2D eigenvalue weighted by molar-refractivity contribution is -0.153. The highest BCUT2D eigenvalue weighted by Gasteiger charge is 2.61. The highest BCUT2D eigenvalue weighted by Crippen LogP contribution is 2.67. The molecule has 166 valence electrons. The third kappa shape index (κ3) is 3.87. The van der Waals surface area contributed by atoms with Gasteiger partial charge in [0.15, 0.2) is 12.0 Å². The third-order valence-electron chi connectivity index (χ3n) is 9.87. The number of hydrogen-bond donors (Lipinski definition) is 0. The van der Waals surface area contributed by atoms with Gasteiger partial charge in [-0.15, -0.1) is 6.58 Å². The third-order valence-corrected chi connectivity index (χ3v) is 9.87. The predicted octanol–water partition coefficient (Wildman–Crippen LogP) is 7.94. The molecule has 0 aromatic rings. The van der Waals surface area contributed by atoms with Gasteiger partial charge in [-0.3, -0.25) is 4.79 Å². The van der Waals surface area contributed by atoms with Crippen molar-refractivity contribution in [2.45, 2.75) is 111 Å². The molecule has 1 nitrogen and oxygen atoms in total. The molecule has 2 heteroatoms. The summed E-state index contributed by atoms with van der Waals surface area (Å²) in [5, 5.41) is 0. The van der Waals surface area contributed by atoms with Gasteiger partial charge in [0.25, 0.3) is 0 Å². The summed E-state index contributed by atoms with van der Waals surface area (Å²) in [5.41, 5.74) is 1.88. The van der Waals surface area contributed by atoms with Crippen molar-refractivity contribution in [3.8, 4) is 0 Å². The van der Waals surface area contributed by atoms with E-state index in [9.17, 15) is 9.18 Å². The van der Waals surface area contributed by atoms with E-state index in [1.54, 1.807) is 0 Å². The molecule has 4 aliphatic rings. The molecule has 0 heterocycles. The minimum Gasteiger partial charge on any atom is -0.296 e. The first kappa shape index (κ1) is 23.0. The maximum absolute atomic E-state index is 14.8. The maximum atomic E-state index is 14.8. The first-order chi connectivity index (χ1) is 13.8. The fourth-order valence-electron chi connectivity index (χ4n) is 8.32. The smallest absolute Gasteiger partial charge is 0.167 e. The lowest BCUT2D eigenvalue weighted by Gasteiger charge is -2.60. The molecule has 29 heavy (non-hydrogen) atoms. The molecule has 0 saturated heterocycles. The number of fused-ring (bicyclic) bond motifs is 5. The Labute approximate surface area is 179 Å². The van der Waals surface area contributed by atoms with E-state index in [1.165, 1.54) is 50.5 Å². The van der Waals surface area contributed by atoms with E-state index in [2.05, 4.69) is 27.4 Å². The van der Waals surface area contributed by atoms with Gasteiger partial charge in [0.1, 0.15) is 0 Å². The second kappa shape index (κ2) is 8.83. The van der Waals surface area contributed by atoms with Crippen LogP contribution in [-0.2, 0) is 4.79 Å². The summed E-state index contributed by atoms with van der Waals surface area (Å²) >= 11 is 0. The summed E-state index contributed by atoms with van der Waals surface area (Å²) in [6.45, 7) is 15.2. The van der Waals surface area contributed by atoms with Crippen LogP contribution in [0.1, 0.15) is 105 Å². The van der Waals surface area contributed by atoms with Gasteiger partial charge in [0, 0.05) is 12.3 Å². The van der Waals surface area contributed by atoms with E-state index in [4.69, 9.17) is 0 Å². The summed E-state index contributed by atoms with van der Waals surface area (Å²) in [7, 11) is 0. The number of ketones is 1. The van der Waals surface area contributed by atoms with Crippen molar-refractivity contribution >= 4 is 5.78 Å². The second-order valence-corrected chi connectivity index (χ2v) is 11.1. The van der Waals surface area contributed by atoms with Gasteiger partial charge < -0.3 is 0 Å². The molecule has 4 fully saturated rings. The zero-order valence-electron chi connectivity index (χ0n) is 19.7. The quantitative estimate of drug-likeness (QED) is 0.435. The highest BCUT2D eigenvalue weighted by molar-refractivity contribution is 5.84. The highest BCUT2D eigenvalue weighted by atomic mass is 19.1. The van der Waals surface area contributed by atoms with E-state index >= 15 is 0 Å². The molecule has 0 bridgehead atoms. The zero-order chi connectivity index (χ0) is 21.4. The van der Waals surface area contributed by atoms with E-state index < -0.39 is 6.17 Å². The molecule has 0 amide bonds. The number of carbonyl (C=O) groups excluding carboxylic acids is 1. The number of Topliss-reactive ketones (excluding diaryl/α,β-unsaturated/α-hetero) is 1. The number of alkyl halides is 1. The number of hydrogen-bond acceptors (Lipinski definition) is 1. The standard InChI is InChI=1S/C25H39FO.C2H6/c1-16(2)6-5-7-17-8-10-19-18-9-11-21-23(26)22(27)13-15-25(21,4)20(18)12-14-24(17,19)3;1-2/h17-21,23H,1,5-15H2,2-4H3;1-2H3. The summed E-state index contributed by atoms with van der Waals surface area (Å²) in [6.07, 6.45) is 11.5. The number of carbonyl (C=O) groups is 1. The number of allylic oxidation sites excluding steroid dienone is 1. The van der Waals surface area contributed by atoms with Gasteiger partial charge in [0.05, 0.1) is 0 Å². The van der Waals surface area contributed by atoms with Crippen LogP contribution in [0, 0.1) is 40.4 Å². The van der Waals surface area contributed by atoms with E-state index in [-0.39, 0.29) is 17.1 Å². The topological polar surface area (TPSA) is 17.1 Å². The summed E-state index contributed by atoms with van der Waals surface area (Å²) in [6, 6.07) is 0. The lowest BCUT2D eigenvalue weighted by Crippen LogP contribution is -2.56. The van der Waals surface area contributed by atoms with Crippen LogP contribution in [0.2, 0.25) is 0 Å². The number of rotatable bonds is 4. The van der Waals surface area contributed by atoms with E-state index in [1.807, 2.05) is 13.8 Å². The van der Waals surface area contributed by atoms with Crippen LogP contribution in [0.5, 0.6) is 0 Å². The summed E-state index contributed by atoms with van der Waals surface area (Å²) in [4.78, 5) is 12.0. The molecule has 4 aliphatic carbocycles. The van der Waals surface area contributed by atoms with Crippen molar-refractivity contribution < 1.29 is 9.18 Å². The first-order valence-electron chi connectivity index (χ1n) is 12.6. The molecular formula is C27H45FO. The zero-order valence-corrected chi connectivity index (χ0v) is 19.7. The average molecular weight is 405 g/mol. The van der Waals surface area contributed by atoms with Crippen LogP contribution < -0.4 is 0 Å². The normalized spacial score (nSPS) is 46.1. The van der Waals surface area contributed by atoms with Gasteiger partial charge in [-0.25, -0.2) is 4.39 Å². The lowest BCUT2D eigenvalue weighted by atomic mass is 9.44. The maximum Gasteiger partial charge on any atom is 0.167 e. The Morgan fingerprint density at radius 3 is 2.34 bits per heavy atom. The van der Waals surface area contributed by atoms with E-state index in [0.717, 1.165) is 37.0 Å². The van der Waals surface area contributed by atoms with Crippen LogP contribution in [0.15, 0.2) is 12.2 Å². The van der Waals surface area contributed by atoms with Crippen LogP contribution >= 0.6 is 0 Å². The molecule has 0 aromatic heterocycles. The molecule has 0 aromatic carbocycles. The minimum atomic E-state index is -1.18. The van der Waals surface area contributed by atoms with Crippen molar-refractivity contribution in [1.29, 1.82) is 0 Å². The van der Waals surface area contributed by atoms with Crippen molar-refractivity contribution in [3.63, 3.8) is 0 Å². The van der Waals surface area contributed by atoms with Gasteiger partial charge in [-0.1, -0.05) is 33.3 Å². The van der Waals surface area contributed by atoms with Crippen LogP contribution in [0.25, 0.3) is 0 Å².